The number of hydrogen-bond acceptors (Lipinski definition) is 4. The molecule has 0 heterocycles. The predicted molar refractivity (Wildman–Crippen MR) is 62.7 cm³/mol. The van der Waals surface area contributed by atoms with Crippen LogP contribution in [0.4, 0.5) is 0 Å². The maximum Gasteiger partial charge on any atom is 0.188 e. The lowest BCUT2D eigenvalue weighted by Crippen LogP contribution is -2.22. The zero-order chi connectivity index (χ0) is 12.6. The summed E-state index contributed by atoms with van der Waals surface area (Å²) in [6, 6.07) is 0. The van der Waals surface area contributed by atoms with Gasteiger partial charge in [0.25, 0.3) is 0 Å². The first-order valence-corrected chi connectivity index (χ1v) is 5.97. The van der Waals surface area contributed by atoms with Crippen LogP contribution < -0.4 is 0 Å². The first kappa shape index (κ1) is 15.8. The summed E-state index contributed by atoms with van der Waals surface area (Å²) >= 11 is 0. The molecule has 98 valence electrons. The predicted octanol–water partition coefficient (Wildman–Crippen LogP) is 2.97. The van der Waals surface area contributed by atoms with E-state index in [1.165, 1.54) is 0 Å². The smallest absolute Gasteiger partial charge is 0.188 e. The summed E-state index contributed by atoms with van der Waals surface area (Å²) in [5.41, 5.74) is 0. The van der Waals surface area contributed by atoms with E-state index in [-0.39, 0.29) is 12.6 Å². The topological polar surface area (TPSA) is 36.9 Å². The van der Waals surface area contributed by atoms with Gasteiger partial charge in [-0.3, -0.25) is 0 Å². The van der Waals surface area contributed by atoms with Crippen molar-refractivity contribution >= 4 is 0 Å². The van der Waals surface area contributed by atoms with Gasteiger partial charge < -0.3 is 9.47 Å². The van der Waals surface area contributed by atoms with E-state index in [2.05, 4.69) is 27.7 Å². The Kier molecular flexibility index (Phi) is 8.84. The Morgan fingerprint density at radius 1 is 0.625 bits per heavy atom. The van der Waals surface area contributed by atoms with Crippen molar-refractivity contribution in [3.8, 4) is 0 Å². The third kappa shape index (κ3) is 10.4. The zero-order valence-corrected chi connectivity index (χ0v) is 11.4. The fourth-order valence-electron chi connectivity index (χ4n) is 0.868. The summed E-state index contributed by atoms with van der Waals surface area (Å²) in [6.07, 6.45) is -0.736. The minimum Gasteiger partial charge on any atom is -0.350 e. The lowest BCUT2D eigenvalue weighted by atomic mass is 10.2. The van der Waals surface area contributed by atoms with Gasteiger partial charge in [0.05, 0.1) is 13.2 Å². The number of hydrogen-bond donors (Lipinski definition) is 0. The summed E-state index contributed by atoms with van der Waals surface area (Å²) in [5.74, 6) is 0.973. The van der Waals surface area contributed by atoms with Gasteiger partial charge in [0.2, 0.25) is 0 Å². The summed E-state index contributed by atoms with van der Waals surface area (Å²) in [5, 5.41) is 0. The van der Waals surface area contributed by atoms with Crippen molar-refractivity contribution in [3.63, 3.8) is 0 Å². The van der Waals surface area contributed by atoms with Gasteiger partial charge in [0.15, 0.2) is 12.6 Å². The molecule has 0 aliphatic rings. The van der Waals surface area contributed by atoms with Crippen LogP contribution in [0.1, 0.15) is 41.5 Å². The summed E-state index contributed by atoms with van der Waals surface area (Å²) in [7, 11) is 0. The number of rotatable bonds is 9. The minimum absolute atomic E-state index is 0.368. The van der Waals surface area contributed by atoms with Crippen molar-refractivity contribution in [1.29, 1.82) is 0 Å². The van der Waals surface area contributed by atoms with Crippen LogP contribution in [0, 0.1) is 11.8 Å². The van der Waals surface area contributed by atoms with Gasteiger partial charge >= 0.3 is 0 Å². The Balaban J connectivity index is 3.47. The van der Waals surface area contributed by atoms with Crippen molar-refractivity contribution < 1.29 is 19.2 Å². The molecule has 0 radical (unpaired) electrons. The van der Waals surface area contributed by atoms with Gasteiger partial charge in [-0.25, -0.2) is 9.78 Å². The molecular weight excluding hydrogens is 208 g/mol. The molecule has 0 aliphatic heterocycles. The molecule has 0 bridgehead atoms. The highest BCUT2D eigenvalue weighted by Gasteiger charge is 2.09. The molecule has 0 spiro atoms. The molecule has 0 aromatic heterocycles. The van der Waals surface area contributed by atoms with Crippen LogP contribution in [0.25, 0.3) is 0 Å². The Morgan fingerprint density at radius 3 is 1.19 bits per heavy atom. The SMILES string of the molecule is CC(C)COC(C)OOC(C)OCC(C)C. The van der Waals surface area contributed by atoms with Crippen LogP contribution in [0.15, 0.2) is 0 Å². The molecule has 0 aromatic carbocycles. The molecule has 0 N–H and O–H groups in total. The molecule has 2 atom stereocenters. The lowest BCUT2D eigenvalue weighted by molar-refractivity contribution is -0.428. The Hall–Kier alpha value is -0.160. The van der Waals surface area contributed by atoms with Crippen LogP contribution in [-0.2, 0) is 19.2 Å². The lowest BCUT2D eigenvalue weighted by Gasteiger charge is -2.18. The molecule has 0 saturated carbocycles. The van der Waals surface area contributed by atoms with E-state index in [1.54, 1.807) is 13.8 Å². The zero-order valence-electron chi connectivity index (χ0n) is 11.4. The van der Waals surface area contributed by atoms with Crippen molar-refractivity contribution in [2.24, 2.45) is 11.8 Å². The third-order valence-corrected chi connectivity index (χ3v) is 1.66. The Morgan fingerprint density at radius 2 is 0.938 bits per heavy atom. The molecule has 2 unspecified atom stereocenters. The highest BCUT2D eigenvalue weighted by atomic mass is 17.2. The van der Waals surface area contributed by atoms with Gasteiger partial charge in [-0.1, -0.05) is 27.7 Å². The van der Waals surface area contributed by atoms with Gasteiger partial charge in [-0.15, -0.1) is 0 Å². The normalized spacial score (nSPS) is 15.8. The summed E-state index contributed by atoms with van der Waals surface area (Å²) in [6.45, 7) is 13.3. The molecule has 0 fully saturated rings. The second-order valence-electron chi connectivity index (χ2n) is 4.78. The Labute approximate surface area is 99.1 Å². The third-order valence-electron chi connectivity index (χ3n) is 1.66. The van der Waals surface area contributed by atoms with Crippen LogP contribution in [0.5, 0.6) is 0 Å². The standard InChI is InChI=1S/C12H26O4/c1-9(2)7-13-11(5)15-16-12(6)14-8-10(3)4/h9-12H,7-8H2,1-6H3. The maximum atomic E-state index is 5.38. The quantitative estimate of drug-likeness (QED) is 0.349. The average Bonchev–Trinajstić information content (AvgIpc) is 2.20. The minimum atomic E-state index is -0.368. The average molecular weight is 234 g/mol. The van der Waals surface area contributed by atoms with Crippen molar-refractivity contribution in [2.75, 3.05) is 13.2 Å². The highest BCUT2D eigenvalue weighted by molar-refractivity contribution is 4.40. The van der Waals surface area contributed by atoms with Gasteiger partial charge in [-0.05, 0) is 25.7 Å². The van der Waals surface area contributed by atoms with E-state index in [9.17, 15) is 0 Å². The molecule has 0 aliphatic carbocycles. The van der Waals surface area contributed by atoms with Gasteiger partial charge in [0, 0.05) is 0 Å². The van der Waals surface area contributed by atoms with Crippen LogP contribution >= 0.6 is 0 Å². The molecule has 0 saturated heterocycles. The van der Waals surface area contributed by atoms with E-state index in [4.69, 9.17) is 19.2 Å². The molecule has 4 nitrogen and oxygen atoms in total. The van der Waals surface area contributed by atoms with E-state index in [1.807, 2.05) is 0 Å². The monoisotopic (exact) mass is 234 g/mol. The molecule has 0 amide bonds. The fourth-order valence-corrected chi connectivity index (χ4v) is 0.868. The van der Waals surface area contributed by atoms with E-state index < -0.39 is 0 Å². The van der Waals surface area contributed by atoms with Gasteiger partial charge in [-0.2, -0.15) is 0 Å². The first-order chi connectivity index (χ1) is 7.41. The Bertz CT molecular complexity index is 141. The van der Waals surface area contributed by atoms with E-state index in [0.717, 1.165) is 0 Å². The van der Waals surface area contributed by atoms with Crippen molar-refractivity contribution in [2.45, 2.75) is 54.1 Å². The summed E-state index contributed by atoms with van der Waals surface area (Å²) < 4.78 is 10.8. The molecule has 4 heteroatoms. The molecule has 0 rings (SSSR count). The fraction of sp³-hybridized carbons (Fsp3) is 1.00. The molecular formula is C12H26O4. The number of ether oxygens (including phenoxy) is 2. The second-order valence-corrected chi connectivity index (χ2v) is 4.78. The van der Waals surface area contributed by atoms with Crippen LogP contribution in [-0.4, -0.2) is 25.8 Å². The van der Waals surface area contributed by atoms with Crippen LogP contribution in [0.2, 0.25) is 0 Å². The van der Waals surface area contributed by atoms with E-state index >= 15 is 0 Å². The molecule has 16 heavy (non-hydrogen) atoms. The van der Waals surface area contributed by atoms with E-state index in [0.29, 0.717) is 25.0 Å². The van der Waals surface area contributed by atoms with Gasteiger partial charge in [0.1, 0.15) is 0 Å². The largest absolute Gasteiger partial charge is 0.350 e. The van der Waals surface area contributed by atoms with Crippen LogP contribution in [0.3, 0.4) is 0 Å². The van der Waals surface area contributed by atoms with Crippen molar-refractivity contribution in [3.05, 3.63) is 0 Å². The second kappa shape index (κ2) is 8.93. The summed E-state index contributed by atoms with van der Waals surface area (Å²) in [4.78, 5) is 10.1. The maximum absolute atomic E-state index is 5.38. The van der Waals surface area contributed by atoms with Crippen molar-refractivity contribution in [1.82, 2.24) is 0 Å². The first-order valence-electron chi connectivity index (χ1n) is 5.97. The highest BCUT2D eigenvalue weighted by Crippen LogP contribution is 2.04. The molecule has 0 aromatic rings.